The van der Waals surface area contributed by atoms with Crippen LogP contribution >= 0.6 is 0 Å². The fourth-order valence-corrected chi connectivity index (χ4v) is 1.99. The van der Waals surface area contributed by atoms with Gasteiger partial charge in [0, 0.05) is 11.6 Å². The van der Waals surface area contributed by atoms with Crippen LogP contribution in [0.4, 0.5) is 8.78 Å². The van der Waals surface area contributed by atoms with Crippen molar-refractivity contribution in [1.82, 2.24) is 0 Å². The highest BCUT2D eigenvalue weighted by atomic mass is 19.3. The third-order valence-electron chi connectivity index (χ3n) is 3.22. The van der Waals surface area contributed by atoms with Crippen LogP contribution < -0.4 is 5.73 Å². The maximum atomic E-state index is 13.9. The molecule has 1 atom stereocenters. The molecule has 0 radical (unpaired) electrons. The van der Waals surface area contributed by atoms with Crippen molar-refractivity contribution in [2.75, 3.05) is 0 Å². The van der Waals surface area contributed by atoms with E-state index in [4.69, 9.17) is 5.73 Å². The predicted molar refractivity (Wildman–Crippen MR) is 51.0 cm³/mol. The summed E-state index contributed by atoms with van der Waals surface area (Å²) in [6.45, 7) is 3.02. The van der Waals surface area contributed by atoms with Crippen LogP contribution in [0.2, 0.25) is 0 Å². The van der Waals surface area contributed by atoms with Crippen LogP contribution in [0, 0.1) is 5.41 Å². The average Bonchev–Trinajstić information content (AvgIpc) is 2.27. The zero-order valence-corrected chi connectivity index (χ0v) is 8.22. The third-order valence-corrected chi connectivity index (χ3v) is 3.22. The average molecular weight is 197 g/mol. The molecule has 0 spiro atoms. The first kappa shape index (κ1) is 9.59. The second-order valence-electron chi connectivity index (χ2n) is 4.36. The van der Waals surface area contributed by atoms with Gasteiger partial charge >= 0.3 is 0 Å². The van der Waals surface area contributed by atoms with Crippen molar-refractivity contribution in [1.29, 1.82) is 0 Å². The highest BCUT2D eigenvalue weighted by Crippen LogP contribution is 2.58. The molecule has 1 aromatic carbocycles. The van der Waals surface area contributed by atoms with E-state index in [2.05, 4.69) is 0 Å². The van der Waals surface area contributed by atoms with Gasteiger partial charge in [-0.3, -0.25) is 0 Å². The van der Waals surface area contributed by atoms with E-state index in [-0.39, 0.29) is 5.56 Å². The van der Waals surface area contributed by atoms with Gasteiger partial charge in [0.05, 0.1) is 5.41 Å². The van der Waals surface area contributed by atoms with E-state index in [1.54, 1.807) is 18.2 Å². The zero-order valence-electron chi connectivity index (χ0n) is 8.22. The Kier molecular flexibility index (Phi) is 1.74. The van der Waals surface area contributed by atoms with Gasteiger partial charge in [0.1, 0.15) is 0 Å². The Morgan fingerprint density at radius 2 is 1.79 bits per heavy atom. The Hall–Kier alpha value is -0.960. The predicted octanol–water partition coefficient (Wildman–Crippen LogP) is 2.82. The van der Waals surface area contributed by atoms with Gasteiger partial charge in [-0.15, -0.1) is 0 Å². The lowest BCUT2D eigenvalue weighted by Crippen LogP contribution is -2.35. The SMILES string of the molecule is CC1(C)C(N)c2ccccc2C1(F)F. The molecule has 0 heterocycles. The molecule has 0 aromatic heterocycles. The fourth-order valence-electron chi connectivity index (χ4n) is 1.99. The van der Waals surface area contributed by atoms with Crippen molar-refractivity contribution in [3.63, 3.8) is 0 Å². The first-order valence-electron chi connectivity index (χ1n) is 4.62. The second-order valence-corrected chi connectivity index (χ2v) is 4.36. The van der Waals surface area contributed by atoms with Crippen molar-refractivity contribution >= 4 is 0 Å². The molecule has 14 heavy (non-hydrogen) atoms. The second kappa shape index (κ2) is 2.54. The van der Waals surface area contributed by atoms with Crippen LogP contribution in [0.25, 0.3) is 0 Å². The summed E-state index contributed by atoms with van der Waals surface area (Å²) in [5, 5.41) is 0. The highest BCUT2D eigenvalue weighted by Gasteiger charge is 2.58. The smallest absolute Gasteiger partial charge is 0.280 e. The van der Waals surface area contributed by atoms with Crippen LogP contribution in [0.3, 0.4) is 0 Å². The molecule has 0 aliphatic heterocycles. The summed E-state index contributed by atoms with van der Waals surface area (Å²) in [6.07, 6.45) is 0. The van der Waals surface area contributed by atoms with E-state index < -0.39 is 17.4 Å². The molecule has 0 saturated carbocycles. The minimum Gasteiger partial charge on any atom is -0.323 e. The van der Waals surface area contributed by atoms with Gasteiger partial charge < -0.3 is 5.73 Å². The molecule has 1 aromatic rings. The summed E-state index contributed by atoms with van der Waals surface area (Å²) in [4.78, 5) is 0. The van der Waals surface area contributed by atoms with Crippen LogP contribution in [0.15, 0.2) is 24.3 Å². The van der Waals surface area contributed by atoms with E-state index in [1.165, 1.54) is 19.9 Å². The summed E-state index contributed by atoms with van der Waals surface area (Å²) in [5.41, 5.74) is 5.27. The number of rotatable bonds is 0. The maximum Gasteiger partial charge on any atom is 0.280 e. The minimum atomic E-state index is -2.83. The lowest BCUT2D eigenvalue weighted by atomic mass is 9.83. The van der Waals surface area contributed by atoms with E-state index in [0.29, 0.717) is 5.56 Å². The number of hydrogen-bond donors (Lipinski definition) is 1. The molecule has 76 valence electrons. The number of alkyl halides is 2. The van der Waals surface area contributed by atoms with Crippen molar-refractivity contribution in [2.45, 2.75) is 25.8 Å². The molecule has 0 amide bonds. The normalized spacial score (nSPS) is 27.4. The quantitative estimate of drug-likeness (QED) is 0.680. The third kappa shape index (κ3) is 0.906. The van der Waals surface area contributed by atoms with Gasteiger partial charge in [0.25, 0.3) is 5.92 Å². The Morgan fingerprint density at radius 1 is 1.21 bits per heavy atom. The molecule has 1 aliphatic rings. The van der Waals surface area contributed by atoms with Gasteiger partial charge in [0.15, 0.2) is 0 Å². The summed E-state index contributed by atoms with van der Waals surface area (Å²) in [5.74, 6) is -2.83. The van der Waals surface area contributed by atoms with E-state index in [0.717, 1.165) is 0 Å². The van der Waals surface area contributed by atoms with Crippen LogP contribution in [0.1, 0.15) is 31.0 Å². The number of halogens is 2. The molecule has 3 heteroatoms. The summed E-state index contributed by atoms with van der Waals surface area (Å²) in [7, 11) is 0. The van der Waals surface area contributed by atoms with Crippen molar-refractivity contribution < 1.29 is 8.78 Å². The van der Waals surface area contributed by atoms with Gasteiger partial charge in [-0.05, 0) is 5.56 Å². The molecule has 0 fully saturated rings. The standard InChI is InChI=1S/C11H13F2N/c1-10(2)9(14)7-5-3-4-6-8(7)11(10,12)13/h3-6,9H,14H2,1-2H3. The van der Waals surface area contributed by atoms with E-state index in [9.17, 15) is 8.78 Å². The number of nitrogens with two attached hydrogens (primary N) is 1. The largest absolute Gasteiger partial charge is 0.323 e. The molecule has 1 aliphatic carbocycles. The molecular formula is C11H13F2N. The topological polar surface area (TPSA) is 26.0 Å². The first-order chi connectivity index (χ1) is 6.39. The Labute approximate surface area is 81.9 Å². The van der Waals surface area contributed by atoms with E-state index >= 15 is 0 Å². The molecule has 0 saturated heterocycles. The van der Waals surface area contributed by atoms with Crippen molar-refractivity contribution in [3.05, 3.63) is 35.4 Å². The van der Waals surface area contributed by atoms with Gasteiger partial charge in [-0.25, -0.2) is 8.78 Å². The van der Waals surface area contributed by atoms with E-state index in [1.807, 2.05) is 0 Å². The van der Waals surface area contributed by atoms with Crippen molar-refractivity contribution in [2.24, 2.45) is 11.1 Å². The molecule has 2 rings (SSSR count). The molecule has 1 nitrogen and oxygen atoms in total. The number of hydrogen-bond acceptors (Lipinski definition) is 1. The lowest BCUT2D eigenvalue weighted by molar-refractivity contribution is -0.109. The van der Waals surface area contributed by atoms with Crippen LogP contribution in [-0.4, -0.2) is 0 Å². The molecule has 0 bridgehead atoms. The Balaban J connectivity index is 2.68. The zero-order chi connectivity index (χ0) is 10.6. The van der Waals surface area contributed by atoms with Crippen molar-refractivity contribution in [3.8, 4) is 0 Å². The van der Waals surface area contributed by atoms with Gasteiger partial charge in [-0.2, -0.15) is 0 Å². The van der Waals surface area contributed by atoms with Gasteiger partial charge in [-0.1, -0.05) is 38.1 Å². The summed E-state index contributed by atoms with van der Waals surface area (Å²) in [6, 6.07) is 5.93. The Morgan fingerprint density at radius 3 is 2.36 bits per heavy atom. The molecule has 1 unspecified atom stereocenters. The van der Waals surface area contributed by atoms with Crippen LogP contribution in [0.5, 0.6) is 0 Å². The minimum absolute atomic E-state index is 0.0810. The molecule has 2 N–H and O–H groups in total. The maximum absolute atomic E-state index is 13.9. The summed E-state index contributed by atoms with van der Waals surface area (Å²) >= 11 is 0. The number of fused-ring (bicyclic) bond motifs is 1. The molecular weight excluding hydrogens is 184 g/mol. The van der Waals surface area contributed by atoms with Gasteiger partial charge in [0.2, 0.25) is 0 Å². The monoisotopic (exact) mass is 197 g/mol. The summed E-state index contributed by atoms with van der Waals surface area (Å²) < 4.78 is 27.8. The fraction of sp³-hybridized carbons (Fsp3) is 0.455. The highest BCUT2D eigenvalue weighted by molar-refractivity contribution is 5.41. The first-order valence-corrected chi connectivity index (χ1v) is 4.62. The Bertz CT molecular complexity index is 371. The number of benzene rings is 1. The lowest BCUT2D eigenvalue weighted by Gasteiger charge is -2.30. The van der Waals surface area contributed by atoms with Crippen LogP contribution in [-0.2, 0) is 5.92 Å².